The highest BCUT2D eigenvalue weighted by Crippen LogP contribution is 2.30. The molecule has 136 valence electrons. The summed E-state index contributed by atoms with van der Waals surface area (Å²) < 4.78 is 20.4. The number of halogens is 1. The molecule has 0 saturated heterocycles. The highest BCUT2D eigenvalue weighted by Gasteiger charge is 2.18. The third-order valence-corrected chi connectivity index (χ3v) is 5.12. The highest BCUT2D eigenvalue weighted by atomic mass is 19.1. The minimum atomic E-state index is -0.202. The quantitative estimate of drug-likeness (QED) is 0.706. The Morgan fingerprint density at radius 1 is 1.26 bits per heavy atom. The van der Waals surface area contributed by atoms with Gasteiger partial charge in [0.2, 0.25) is 0 Å². The van der Waals surface area contributed by atoms with Gasteiger partial charge in [0.25, 0.3) is 0 Å². The summed E-state index contributed by atoms with van der Waals surface area (Å²) in [6.45, 7) is 5.79. The molecule has 0 aliphatic carbocycles. The Bertz CT molecular complexity index is 1020. The molecule has 1 aliphatic heterocycles. The molecule has 1 N–H and O–H groups in total. The Kier molecular flexibility index (Phi) is 4.77. The number of hydrogen-bond acceptors (Lipinski definition) is 3. The topological polar surface area (TPSA) is 37.5 Å². The molecule has 1 aliphatic rings. The van der Waals surface area contributed by atoms with E-state index in [2.05, 4.69) is 24.2 Å². The van der Waals surface area contributed by atoms with Crippen molar-refractivity contribution >= 4 is 30.1 Å². The number of benzene rings is 2. The minimum Gasteiger partial charge on any atom is -0.464 e. The minimum absolute atomic E-state index is 0.202. The average Bonchev–Trinajstić information content (AvgIpc) is 3.29. The molecule has 1 aromatic heterocycles. The summed E-state index contributed by atoms with van der Waals surface area (Å²) in [6.07, 6.45) is 3.01. The van der Waals surface area contributed by atoms with Crippen LogP contribution in [0.4, 0.5) is 4.39 Å². The lowest BCUT2D eigenvalue weighted by Gasteiger charge is -2.12. The van der Waals surface area contributed by atoms with Gasteiger partial charge >= 0.3 is 0 Å². The first-order valence-corrected chi connectivity index (χ1v) is 9.40. The van der Waals surface area contributed by atoms with E-state index in [0.29, 0.717) is 29.8 Å². The number of furan rings is 1. The lowest BCUT2D eigenvalue weighted by Crippen LogP contribution is -2.21. The molecule has 3 nitrogen and oxygen atoms in total. The van der Waals surface area contributed by atoms with Crippen molar-refractivity contribution in [2.45, 2.75) is 32.6 Å². The molecule has 5 heteroatoms. The monoisotopic (exact) mass is 360 g/mol. The lowest BCUT2D eigenvalue weighted by atomic mass is 9.88. The maximum Gasteiger partial charge on any atom is 0.137 e. The van der Waals surface area contributed by atoms with Crippen molar-refractivity contribution in [3.63, 3.8) is 0 Å². The molecule has 2 heterocycles. The van der Waals surface area contributed by atoms with Crippen LogP contribution in [0.25, 0.3) is 11.0 Å². The van der Waals surface area contributed by atoms with Crippen LogP contribution in [-0.4, -0.2) is 26.8 Å². The maximum atomic E-state index is 14.6. The zero-order chi connectivity index (χ0) is 19.0. The number of hydrogen-bond donors (Lipinski definition) is 1. The molecule has 3 aromatic rings. The van der Waals surface area contributed by atoms with Gasteiger partial charge in [0, 0.05) is 23.1 Å². The van der Waals surface area contributed by atoms with Crippen LogP contribution in [0.2, 0.25) is 0 Å². The van der Waals surface area contributed by atoms with E-state index in [1.807, 2.05) is 24.5 Å². The van der Waals surface area contributed by atoms with E-state index in [-0.39, 0.29) is 5.82 Å². The molecule has 0 fully saturated rings. The normalized spacial score (nSPS) is 14.0. The summed E-state index contributed by atoms with van der Waals surface area (Å²) in [5.74, 6) is 0.930. The molecular formula is C22H22BFN2O. The summed E-state index contributed by atoms with van der Waals surface area (Å²) in [5, 5.41) is 4.29. The van der Waals surface area contributed by atoms with Crippen molar-refractivity contribution in [3.05, 3.63) is 64.7 Å². The van der Waals surface area contributed by atoms with E-state index in [1.165, 1.54) is 6.07 Å². The number of aryl methyl sites for hydroxylation is 1. The maximum absolute atomic E-state index is 14.6. The van der Waals surface area contributed by atoms with Crippen LogP contribution >= 0.6 is 0 Å². The zero-order valence-corrected chi connectivity index (χ0v) is 15.7. The van der Waals surface area contributed by atoms with Crippen LogP contribution in [0.3, 0.4) is 0 Å². The van der Waals surface area contributed by atoms with Crippen molar-refractivity contribution in [1.82, 2.24) is 5.32 Å². The van der Waals surface area contributed by atoms with Gasteiger partial charge in [-0.2, -0.15) is 0 Å². The number of fused-ring (bicyclic) bond motifs is 1. The number of amidine groups is 1. The van der Waals surface area contributed by atoms with E-state index in [4.69, 9.17) is 12.3 Å². The van der Waals surface area contributed by atoms with Gasteiger partial charge in [0.1, 0.15) is 25.1 Å². The SMILES string of the molecule is [B]c1cc(CCc2c(F)cccc2C2=NCCN2)c2occ(C(C)C)c2c1. The van der Waals surface area contributed by atoms with E-state index in [0.717, 1.165) is 46.6 Å². The molecule has 4 rings (SSSR count). The smallest absolute Gasteiger partial charge is 0.137 e. The van der Waals surface area contributed by atoms with Gasteiger partial charge in [0.15, 0.2) is 0 Å². The molecule has 0 spiro atoms. The van der Waals surface area contributed by atoms with Crippen LogP contribution < -0.4 is 10.8 Å². The molecular weight excluding hydrogens is 338 g/mol. The molecule has 2 radical (unpaired) electrons. The van der Waals surface area contributed by atoms with Gasteiger partial charge in [-0.1, -0.05) is 43.6 Å². The number of nitrogens with one attached hydrogen (secondary N) is 1. The molecule has 0 amide bonds. The summed E-state index contributed by atoms with van der Waals surface area (Å²) in [5.41, 5.74) is 5.23. The Hall–Kier alpha value is -2.56. The van der Waals surface area contributed by atoms with Gasteiger partial charge in [0.05, 0.1) is 12.8 Å². The van der Waals surface area contributed by atoms with Gasteiger partial charge < -0.3 is 9.73 Å². The number of rotatable bonds is 5. The predicted molar refractivity (Wildman–Crippen MR) is 109 cm³/mol. The number of aliphatic imine (C=N–C) groups is 1. The lowest BCUT2D eigenvalue weighted by molar-refractivity contribution is 0.597. The highest BCUT2D eigenvalue weighted by molar-refractivity contribution is 6.33. The third kappa shape index (κ3) is 3.38. The standard InChI is InChI=1S/C22H22BFN2O/c1-13(2)19-12-27-21-14(10-15(23)11-18(19)21)6-7-16-17(4-3-5-20(16)24)22-25-8-9-26-22/h3-5,10-13H,6-9H2,1-2H3,(H,25,26). The van der Waals surface area contributed by atoms with Crippen LogP contribution in [0, 0.1) is 5.82 Å². The predicted octanol–water partition coefficient (Wildman–Crippen LogP) is 3.62. The van der Waals surface area contributed by atoms with Gasteiger partial charge in [-0.05, 0) is 36.0 Å². The van der Waals surface area contributed by atoms with Crippen molar-refractivity contribution in [1.29, 1.82) is 0 Å². The second-order valence-corrected chi connectivity index (χ2v) is 7.33. The van der Waals surface area contributed by atoms with Crippen molar-refractivity contribution in [2.75, 3.05) is 13.1 Å². The van der Waals surface area contributed by atoms with Crippen molar-refractivity contribution in [3.8, 4) is 0 Å². The Balaban J connectivity index is 1.69. The summed E-state index contributed by atoms with van der Waals surface area (Å²) in [6, 6.07) is 9.06. The average molecular weight is 360 g/mol. The molecule has 0 atom stereocenters. The van der Waals surface area contributed by atoms with Crippen LogP contribution in [0.1, 0.15) is 42.0 Å². The fourth-order valence-electron chi connectivity index (χ4n) is 3.76. The zero-order valence-electron chi connectivity index (χ0n) is 15.7. The fraction of sp³-hybridized carbons (Fsp3) is 0.318. The van der Waals surface area contributed by atoms with E-state index >= 15 is 0 Å². The third-order valence-electron chi connectivity index (χ3n) is 5.12. The molecule has 27 heavy (non-hydrogen) atoms. The Morgan fingerprint density at radius 3 is 2.85 bits per heavy atom. The summed E-state index contributed by atoms with van der Waals surface area (Å²) >= 11 is 0. The Labute approximate surface area is 160 Å². The van der Waals surface area contributed by atoms with E-state index in [1.54, 1.807) is 6.07 Å². The number of nitrogens with zero attached hydrogens (tertiary/aromatic N) is 1. The van der Waals surface area contributed by atoms with Gasteiger partial charge in [-0.3, -0.25) is 4.99 Å². The molecule has 0 saturated carbocycles. The molecule has 2 aromatic carbocycles. The first-order chi connectivity index (χ1) is 13.0. The van der Waals surface area contributed by atoms with E-state index < -0.39 is 0 Å². The second-order valence-electron chi connectivity index (χ2n) is 7.33. The first-order valence-electron chi connectivity index (χ1n) is 9.40. The fourth-order valence-corrected chi connectivity index (χ4v) is 3.76. The molecule has 0 unspecified atom stereocenters. The van der Waals surface area contributed by atoms with Crippen LogP contribution in [0.5, 0.6) is 0 Å². The van der Waals surface area contributed by atoms with E-state index in [9.17, 15) is 4.39 Å². The molecule has 0 bridgehead atoms. The Morgan fingerprint density at radius 2 is 2.11 bits per heavy atom. The van der Waals surface area contributed by atoms with Crippen LogP contribution in [0.15, 0.2) is 46.0 Å². The first kappa shape index (κ1) is 17.8. The second kappa shape index (κ2) is 7.22. The summed E-state index contributed by atoms with van der Waals surface area (Å²) in [4.78, 5) is 4.45. The van der Waals surface area contributed by atoms with Crippen molar-refractivity contribution < 1.29 is 8.81 Å². The van der Waals surface area contributed by atoms with Crippen molar-refractivity contribution in [2.24, 2.45) is 4.99 Å². The van der Waals surface area contributed by atoms with Crippen LogP contribution in [-0.2, 0) is 12.8 Å². The summed E-state index contributed by atoms with van der Waals surface area (Å²) in [7, 11) is 6.14. The largest absolute Gasteiger partial charge is 0.464 e. The van der Waals surface area contributed by atoms with Gasteiger partial charge in [-0.25, -0.2) is 4.39 Å². The van der Waals surface area contributed by atoms with Gasteiger partial charge in [-0.15, -0.1) is 0 Å².